The molecule has 1 aromatic rings. The average molecular weight is 347 g/mol. The van der Waals surface area contributed by atoms with E-state index in [2.05, 4.69) is 81.4 Å². The third kappa shape index (κ3) is 2.89. The fraction of sp³-hybridized carbons (Fsp3) is 0.333. The molecule has 26 heavy (non-hydrogen) atoms. The smallest absolute Gasteiger partial charge is 0.0491 e. The van der Waals surface area contributed by atoms with Gasteiger partial charge >= 0.3 is 0 Å². The van der Waals surface area contributed by atoms with Crippen LogP contribution >= 0.6 is 0 Å². The van der Waals surface area contributed by atoms with Crippen LogP contribution in [0.5, 0.6) is 0 Å². The van der Waals surface area contributed by atoms with Crippen molar-refractivity contribution in [3.8, 4) is 0 Å². The van der Waals surface area contributed by atoms with E-state index in [1.54, 1.807) is 0 Å². The highest BCUT2D eigenvalue weighted by molar-refractivity contribution is 5.77. The lowest BCUT2D eigenvalue weighted by Gasteiger charge is -2.32. The minimum atomic E-state index is 0.301. The van der Waals surface area contributed by atoms with Crippen molar-refractivity contribution in [1.82, 2.24) is 10.2 Å². The number of fused-ring (bicyclic) bond motifs is 1. The molecular formula is C24H30N2. The summed E-state index contributed by atoms with van der Waals surface area (Å²) < 4.78 is 0. The van der Waals surface area contributed by atoms with Crippen LogP contribution in [-0.4, -0.2) is 24.5 Å². The second-order valence-corrected chi connectivity index (χ2v) is 7.26. The molecule has 1 saturated heterocycles. The Hall–Kier alpha value is -2.32. The van der Waals surface area contributed by atoms with E-state index >= 15 is 0 Å². The zero-order valence-electron chi connectivity index (χ0n) is 16.7. The van der Waals surface area contributed by atoms with Gasteiger partial charge in [-0.05, 0) is 79.3 Å². The molecule has 0 spiro atoms. The molecule has 1 atom stereocenters. The Labute approximate surface area is 158 Å². The van der Waals surface area contributed by atoms with Gasteiger partial charge in [0.25, 0.3) is 0 Å². The molecule has 0 aromatic heterocycles. The van der Waals surface area contributed by atoms with Crippen LogP contribution in [0.3, 0.4) is 0 Å². The van der Waals surface area contributed by atoms with Gasteiger partial charge in [-0.2, -0.15) is 0 Å². The fourth-order valence-electron chi connectivity index (χ4n) is 4.08. The van der Waals surface area contributed by atoms with Crippen LogP contribution in [0, 0.1) is 6.92 Å². The Morgan fingerprint density at radius 1 is 1.27 bits per heavy atom. The molecule has 3 rings (SSSR count). The molecule has 2 aliphatic rings. The van der Waals surface area contributed by atoms with E-state index < -0.39 is 0 Å². The average Bonchev–Trinajstić information content (AvgIpc) is 2.98. The van der Waals surface area contributed by atoms with Crippen molar-refractivity contribution >= 4 is 5.57 Å². The highest BCUT2D eigenvalue weighted by Gasteiger charge is 2.34. The van der Waals surface area contributed by atoms with Crippen LogP contribution in [0.1, 0.15) is 38.3 Å². The number of nitrogens with one attached hydrogen (secondary N) is 1. The Morgan fingerprint density at radius 3 is 2.58 bits per heavy atom. The predicted octanol–water partition coefficient (Wildman–Crippen LogP) is 5.37. The Kier molecular flexibility index (Phi) is 5.06. The fourth-order valence-corrected chi connectivity index (χ4v) is 4.08. The lowest BCUT2D eigenvalue weighted by atomic mass is 9.91. The molecule has 136 valence electrons. The van der Waals surface area contributed by atoms with Crippen LogP contribution in [0.2, 0.25) is 0 Å². The van der Waals surface area contributed by atoms with Gasteiger partial charge in [-0.1, -0.05) is 44.3 Å². The molecule has 1 N–H and O–H groups in total. The van der Waals surface area contributed by atoms with Crippen LogP contribution in [-0.2, 0) is 0 Å². The van der Waals surface area contributed by atoms with Crippen molar-refractivity contribution in [2.24, 2.45) is 0 Å². The predicted molar refractivity (Wildman–Crippen MR) is 113 cm³/mol. The number of nitrogens with zero attached hydrogens (tertiary/aromatic N) is 1. The zero-order chi connectivity index (χ0) is 19.0. The van der Waals surface area contributed by atoms with E-state index in [-0.39, 0.29) is 0 Å². The molecule has 0 amide bonds. The molecule has 2 heteroatoms. The standard InChI is InChI=1S/C24H30N2/c1-8-20-19(6)26-14-23(16(3)21-12-10-9-11-15(21)2)17(4)24(26)13-22(20)18(5)25-7/h9-13,18,25H,4,6,8,14H2,1-3,5,7H3/b23-16-. The first-order chi connectivity index (χ1) is 12.4. The lowest BCUT2D eigenvalue weighted by molar-refractivity contribution is 0.501. The van der Waals surface area contributed by atoms with Crippen LogP contribution in [0.15, 0.2) is 77.2 Å². The molecule has 0 saturated carbocycles. The van der Waals surface area contributed by atoms with Gasteiger partial charge < -0.3 is 10.2 Å². The Morgan fingerprint density at radius 2 is 1.96 bits per heavy atom. The van der Waals surface area contributed by atoms with Crippen LogP contribution in [0.4, 0.5) is 0 Å². The molecule has 1 aromatic carbocycles. The number of hydrogen-bond acceptors (Lipinski definition) is 2. The van der Waals surface area contributed by atoms with Gasteiger partial charge in [0.05, 0.1) is 0 Å². The largest absolute Gasteiger partial charge is 0.337 e. The van der Waals surface area contributed by atoms with E-state index in [0.29, 0.717) is 6.04 Å². The monoisotopic (exact) mass is 346 g/mol. The van der Waals surface area contributed by atoms with Crippen molar-refractivity contribution in [3.05, 3.63) is 88.3 Å². The Balaban J connectivity index is 2.08. The SMILES string of the molecule is C=C1C2=CC(C(C)NC)=C(CC)C(=C)N2C/C1=C(\C)c1ccccc1C. The van der Waals surface area contributed by atoms with E-state index in [1.807, 2.05) is 7.05 Å². The summed E-state index contributed by atoms with van der Waals surface area (Å²) in [5.41, 5.74) is 11.4. The van der Waals surface area contributed by atoms with Gasteiger partial charge in [-0.15, -0.1) is 0 Å². The van der Waals surface area contributed by atoms with Crippen molar-refractivity contribution < 1.29 is 0 Å². The number of benzene rings is 1. The molecule has 1 unspecified atom stereocenters. The number of aryl methyl sites for hydroxylation is 1. The van der Waals surface area contributed by atoms with Crippen LogP contribution < -0.4 is 5.32 Å². The molecular weight excluding hydrogens is 316 g/mol. The van der Waals surface area contributed by atoms with Gasteiger partial charge in [0.1, 0.15) is 0 Å². The van der Waals surface area contributed by atoms with E-state index in [4.69, 9.17) is 0 Å². The summed E-state index contributed by atoms with van der Waals surface area (Å²) >= 11 is 0. The van der Waals surface area contributed by atoms with Crippen molar-refractivity contribution in [2.75, 3.05) is 13.6 Å². The minimum absolute atomic E-state index is 0.301. The highest BCUT2D eigenvalue weighted by atomic mass is 15.2. The molecule has 2 aliphatic heterocycles. The summed E-state index contributed by atoms with van der Waals surface area (Å²) in [7, 11) is 2.01. The van der Waals surface area contributed by atoms with Crippen LogP contribution in [0.25, 0.3) is 5.57 Å². The number of allylic oxidation sites excluding steroid dienone is 3. The number of hydrogen-bond donors (Lipinski definition) is 1. The maximum Gasteiger partial charge on any atom is 0.0491 e. The van der Waals surface area contributed by atoms with Gasteiger partial charge in [0, 0.05) is 24.0 Å². The van der Waals surface area contributed by atoms with Gasteiger partial charge in [-0.25, -0.2) is 0 Å². The molecule has 0 aliphatic carbocycles. The first-order valence-corrected chi connectivity index (χ1v) is 9.44. The third-order valence-corrected chi connectivity index (χ3v) is 5.85. The summed E-state index contributed by atoms with van der Waals surface area (Å²) in [4.78, 5) is 2.34. The molecule has 0 bridgehead atoms. The van der Waals surface area contributed by atoms with Gasteiger partial charge in [-0.3, -0.25) is 0 Å². The van der Waals surface area contributed by atoms with E-state index in [0.717, 1.165) is 24.2 Å². The maximum atomic E-state index is 4.45. The molecule has 1 fully saturated rings. The summed E-state index contributed by atoms with van der Waals surface area (Å²) in [5, 5.41) is 3.38. The quantitative estimate of drug-likeness (QED) is 0.789. The first-order valence-electron chi connectivity index (χ1n) is 9.44. The molecule has 0 radical (unpaired) electrons. The van der Waals surface area contributed by atoms with Crippen molar-refractivity contribution in [3.63, 3.8) is 0 Å². The van der Waals surface area contributed by atoms with Crippen molar-refractivity contribution in [2.45, 2.75) is 40.2 Å². The van der Waals surface area contributed by atoms with Crippen molar-refractivity contribution in [1.29, 1.82) is 0 Å². The number of likely N-dealkylation sites (N-methyl/N-ethyl adjacent to an activating group) is 1. The number of rotatable bonds is 4. The minimum Gasteiger partial charge on any atom is -0.337 e. The third-order valence-electron chi connectivity index (χ3n) is 5.85. The van der Waals surface area contributed by atoms with Gasteiger partial charge in [0.2, 0.25) is 0 Å². The van der Waals surface area contributed by atoms with Gasteiger partial charge in [0.15, 0.2) is 0 Å². The second kappa shape index (κ2) is 7.13. The lowest BCUT2D eigenvalue weighted by Crippen LogP contribution is -2.30. The topological polar surface area (TPSA) is 15.3 Å². The zero-order valence-corrected chi connectivity index (χ0v) is 16.7. The first kappa shape index (κ1) is 18.5. The highest BCUT2D eigenvalue weighted by Crippen LogP contribution is 2.44. The van der Waals surface area contributed by atoms with E-state index in [9.17, 15) is 0 Å². The summed E-state index contributed by atoms with van der Waals surface area (Å²) in [6.45, 7) is 18.5. The summed E-state index contributed by atoms with van der Waals surface area (Å²) in [6.07, 6.45) is 3.30. The molecule has 2 heterocycles. The summed E-state index contributed by atoms with van der Waals surface area (Å²) in [6, 6.07) is 8.88. The summed E-state index contributed by atoms with van der Waals surface area (Å²) in [5.74, 6) is 0. The Bertz CT molecular complexity index is 864. The maximum absolute atomic E-state index is 4.45. The normalized spacial score (nSPS) is 20.3. The second-order valence-electron chi connectivity index (χ2n) is 7.26. The van der Waals surface area contributed by atoms with E-state index in [1.165, 1.54) is 39.1 Å². The molecule has 2 nitrogen and oxygen atoms in total.